The predicted molar refractivity (Wildman–Crippen MR) is 93.5 cm³/mol. The average Bonchev–Trinajstić information content (AvgIpc) is 3.31. The van der Waals surface area contributed by atoms with Crippen LogP contribution in [0.4, 0.5) is 0 Å². The van der Waals surface area contributed by atoms with Gasteiger partial charge in [0.15, 0.2) is 0 Å². The van der Waals surface area contributed by atoms with E-state index < -0.39 is 16.1 Å². The molecule has 2 aromatic rings. The Balaban J connectivity index is 1.77. The molecule has 0 bridgehead atoms. The van der Waals surface area contributed by atoms with Crippen molar-refractivity contribution < 1.29 is 13.2 Å². The number of carbonyl (C=O) groups is 1. The molecule has 1 atom stereocenters. The van der Waals surface area contributed by atoms with Crippen LogP contribution in [0.2, 0.25) is 0 Å². The summed E-state index contributed by atoms with van der Waals surface area (Å²) in [6.07, 6.45) is 5.54. The quantitative estimate of drug-likeness (QED) is 0.822. The van der Waals surface area contributed by atoms with E-state index in [0.717, 1.165) is 25.9 Å². The Morgan fingerprint density at radius 2 is 2.12 bits per heavy atom. The highest BCUT2D eigenvalue weighted by Crippen LogP contribution is 2.20. The Morgan fingerprint density at radius 3 is 2.76 bits per heavy atom. The van der Waals surface area contributed by atoms with Gasteiger partial charge in [-0.2, -0.15) is 0 Å². The van der Waals surface area contributed by atoms with Crippen molar-refractivity contribution in [2.45, 2.75) is 37.1 Å². The number of nitrogens with one attached hydrogen (secondary N) is 2. The number of carbonyl (C=O) groups excluding carboxylic acids is 1. The first-order valence-electron chi connectivity index (χ1n) is 8.42. The molecule has 0 aromatic carbocycles. The summed E-state index contributed by atoms with van der Waals surface area (Å²) in [5.41, 5.74) is 0.964. The molecule has 2 N–H and O–H groups in total. The molecule has 3 rings (SSSR count). The van der Waals surface area contributed by atoms with Crippen LogP contribution in [0.5, 0.6) is 0 Å². The standard InChI is InChI=1S/C17H22N4O3S/c1-2-14(15-7-3-4-8-18-15)20-25(23,24)13-11-16(19-12-13)17(22)21-9-5-6-10-21/h3-4,7-8,11-12,14,19-20H,2,5-6,9-10H2,1H3/t14-/m1/s1. The van der Waals surface area contributed by atoms with Gasteiger partial charge in [-0.25, -0.2) is 13.1 Å². The molecule has 2 aromatic heterocycles. The van der Waals surface area contributed by atoms with Crippen molar-refractivity contribution in [2.24, 2.45) is 0 Å². The number of amides is 1. The molecule has 25 heavy (non-hydrogen) atoms. The van der Waals surface area contributed by atoms with Gasteiger partial charge in [0.1, 0.15) is 10.6 Å². The second-order valence-corrected chi connectivity index (χ2v) is 7.80. The fourth-order valence-electron chi connectivity index (χ4n) is 2.93. The summed E-state index contributed by atoms with van der Waals surface area (Å²) in [6.45, 7) is 3.33. The first kappa shape index (κ1) is 17.6. The molecule has 7 nitrogen and oxygen atoms in total. The third-order valence-corrected chi connectivity index (χ3v) is 5.79. The third kappa shape index (κ3) is 3.91. The van der Waals surface area contributed by atoms with Gasteiger partial charge in [0.25, 0.3) is 5.91 Å². The molecular formula is C17H22N4O3S. The Bertz CT molecular complexity index is 827. The number of pyridine rings is 1. The average molecular weight is 362 g/mol. The van der Waals surface area contributed by atoms with Crippen molar-refractivity contribution in [1.82, 2.24) is 19.6 Å². The van der Waals surface area contributed by atoms with Gasteiger partial charge < -0.3 is 9.88 Å². The summed E-state index contributed by atoms with van der Waals surface area (Å²) in [5, 5.41) is 0. The van der Waals surface area contributed by atoms with E-state index in [1.807, 2.05) is 13.0 Å². The lowest BCUT2D eigenvalue weighted by Gasteiger charge is -2.16. The Hall–Kier alpha value is -2.19. The number of likely N-dealkylation sites (tertiary alicyclic amines) is 1. The second-order valence-electron chi connectivity index (χ2n) is 6.09. The van der Waals surface area contributed by atoms with Crippen LogP contribution in [0.25, 0.3) is 0 Å². The molecule has 1 saturated heterocycles. The van der Waals surface area contributed by atoms with Crippen molar-refractivity contribution in [3.8, 4) is 0 Å². The van der Waals surface area contributed by atoms with Crippen molar-refractivity contribution in [3.05, 3.63) is 48.0 Å². The molecule has 8 heteroatoms. The lowest BCUT2D eigenvalue weighted by molar-refractivity contribution is 0.0787. The smallest absolute Gasteiger partial charge is 0.270 e. The molecule has 0 radical (unpaired) electrons. The van der Waals surface area contributed by atoms with Gasteiger partial charge in [-0.15, -0.1) is 0 Å². The zero-order chi connectivity index (χ0) is 17.9. The predicted octanol–water partition coefficient (Wildman–Crippen LogP) is 2.08. The molecule has 3 heterocycles. The van der Waals surface area contributed by atoms with Crippen LogP contribution < -0.4 is 4.72 Å². The highest BCUT2D eigenvalue weighted by Gasteiger charge is 2.25. The Kier molecular flexibility index (Phi) is 5.19. The number of H-pyrrole nitrogens is 1. The van der Waals surface area contributed by atoms with Gasteiger partial charge in [-0.3, -0.25) is 9.78 Å². The fraction of sp³-hybridized carbons (Fsp3) is 0.412. The molecule has 0 unspecified atom stereocenters. The summed E-state index contributed by atoms with van der Waals surface area (Å²) in [5.74, 6) is -0.157. The molecule has 134 valence electrons. The SMILES string of the molecule is CC[C@@H](NS(=O)(=O)c1c[nH]c(C(=O)N2CCCC2)c1)c1ccccn1. The van der Waals surface area contributed by atoms with Crippen LogP contribution >= 0.6 is 0 Å². The zero-order valence-corrected chi connectivity index (χ0v) is 14.9. The van der Waals surface area contributed by atoms with Crippen molar-refractivity contribution in [2.75, 3.05) is 13.1 Å². The van der Waals surface area contributed by atoms with Gasteiger partial charge >= 0.3 is 0 Å². The molecule has 1 aliphatic heterocycles. The first-order valence-corrected chi connectivity index (χ1v) is 9.90. The monoisotopic (exact) mass is 362 g/mol. The van der Waals surface area contributed by atoms with Crippen LogP contribution in [0.15, 0.2) is 41.6 Å². The van der Waals surface area contributed by atoms with Gasteiger partial charge in [-0.05, 0) is 37.5 Å². The molecular weight excluding hydrogens is 340 g/mol. The van der Waals surface area contributed by atoms with E-state index in [0.29, 0.717) is 17.8 Å². The summed E-state index contributed by atoms with van der Waals surface area (Å²) < 4.78 is 28.0. The molecule has 1 amide bonds. The van der Waals surface area contributed by atoms with Crippen LogP contribution in [0, 0.1) is 0 Å². The summed E-state index contributed by atoms with van der Waals surface area (Å²) in [4.78, 5) is 21.2. The minimum atomic E-state index is -3.75. The van der Waals surface area contributed by atoms with Crippen LogP contribution in [0.1, 0.15) is 48.4 Å². The van der Waals surface area contributed by atoms with Crippen molar-refractivity contribution in [1.29, 1.82) is 0 Å². The second kappa shape index (κ2) is 7.37. The third-order valence-electron chi connectivity index (χ3n) is 4.34. The van der Waals surface area contributed by atoms with Crippen LogP contribution in [0.3, 0.4) is 0 Å². The van der Waals surface area contributed by atoms with E-state index in [-0.39, 0.29) is 10.8 Å². The van der Waals surface area contributed by atoms with E-state index in [2.05, 4.69) is 14.7 Å². The summed E-state index contributed by atoms with van der Waals surface area (Å²) >= 11 is 0. The molecule has 1 aliphatic rings. The van der Waals surface area contributed by atoms with Gasteiger partial charge in [-0.1, -0.05) is 13.0 Å². The Labute approximate surface area is 147 Å². The van der Waals surface area contributed by atoms with Crippen molar-refractivity contribution >= 4 is 15.9 Å². The van der Waals surface area contributed by atoms with Crippen LogP contribution in [-0.2, 0) is 10.0 Å². The van der Waals surface area contributed by atoms with Gasteiger partial charge in [0.05, 0.1) is 11.7 Å². The first-order chi connectivity index (χ1) is 12.0. The highest BCUT2D eigenvalue weighted by molar-refractivity contribution is 7.89. The fourth-order valence-corrected chi connectivity index (χ4v) is 4.22. The Morgan fingerprint density at radius 1 is 1.36 bits per heavy atom. The minimum absolute atomic E-state index is 0.0597. The maximum Gasteiger partial charge on any atom is 0.270 e. The maximum atomic E-state index is 12.6. The van der Waals surface area contributed by atoms with Crippen molar-refractivity contribution in [3.63, 3.8) is 0 Å². The number of hydrogen-bond donors (Lipinski definition) is 2. The molecule has 0 saturated carbocycles. The van der Waals surface area contributed by atoms with E-state index >= 15 is 0 Å². The number of aromatic amines is 1. The number of aromatic nitrogens is 2. The van der Waals surface area contributed by atoms with E-state index in [4.69, 9.17) is 0 Å². The molecule has 0 spiro atoms. The number of sulfonamides is 1. The number of hydrogen-bond acceptors (Lipinski definition) is 4. The lowest BCUT2D eigenvalue weighted by Crippen LogP contribution is -2.29. The maximum absolute atomic E-state index is 12.6. The van der Waals surface area contributed by atoms with E-state index in [1.54, 1.807) is 23.2 Å². The van der Waals surface area contributed by atoms with Crippen LogP contribution in [-0.4, -0.2) is 42.3 Å². The zero-order valence-electron chi connectivity index (χ0n) is 14.1. The largest absolute Gasteiger partial charge is 0.356 e. The number of nitrogens with zero attached hydrogens (tertiary/aromatic N) is 2. The van der Waals surface area contributed by atoms with Gasteiger partial charge in [0.2, 0.25) is 10.0 Å². The normalized spacial score (nSPS) is 16.1. The minimum Gasteiger partial charge on any atom is -0.356 e. The summed E-state index contributed by atoms with van der Waals surface area (Å²) in [7, 11) is -3.75. The molecule has 0 aliphatic carbocycles. The van der Waals surface area contributed by atoms with E-state index in [9.17, 15) is 13.2 Å². The highest BCUT2D eigenvalue weighted by atomic mass is 32.2. The van der Waals surface area contributed by atoms with Gasteiger partial charge in [0, 0.05) is 25.5 Å². The van der Waals surface area contributed by atoms with E-state index in [1.165, 1.54) is 12.3 Å². The molecule has 1 fully saturated rings. The number of rotatable bonds is 6. The lowest BCUT2D eigenvalue weighted by atomic mass is 10.1. The topological polar surface area (TPSA) is 95.2 Å². The summed E-state index contributed by atoms with van der Waals surface area (Å²) in [6, 6.07) is 6.37.